The van der Waals surface area contributed by atoms with Crippen molar-refractivity contribution in [3.63, 3.8) is 0 Å². The number of carbonyl (C=O) groups excluding carboxylic acids is 1. The Morgan fingerprint density at radius 1 is 1.58 bits per heavy atom. The first-order valence-corrected chi connectivity index (χ1v) is 6.84. The molecule has 0 saturated heterocycles. The van der Waals surface area contributed by atoms with E-state index in [1.807, 2.05) is 13.0 Å². The second kappa shape index (κ2) is 6.41. The van der Waals surface area contributed by atoms with Crippen LogP contribution >= 0.6 is 0 Å². The van der Waals surface area contributed by atoms with Crippen LogP contribution in [0.15, 0.2) is 30.9 Å². The van der Waals surface area contributed by atoms with E-state index in [0.717, 1.165) is 31.6 Å². The minimum atomic E-state index is 0.0943. The maximum Gasteiger partial charge on any atom is 0.220 e. The van der Waals surface area contributed by atoms with E-state index in [9.17, 15) is 4.79 Å². The maximum atomic E-state index is 11.6. The van der Waals surface area contributed by atoms with E-state index in [4.69, 9.17) is 4.74 Å². The third kappa shape index (κ3) is 3.85. The van der Waals surface area contributed by atoms with Crippen LogP contribution in [0, 0.1) is 0 Å². The predicted molar refractivity (Wildman–Crippen MR) is 76.4 cm³/mol. The van der Waals surface area contributed by atoms with Crippen molar-refractivity contribution in [2.45, 2.75) is 38.6 Å². The molecule has 2 rings (SSSR count). The minimum Gasteiger partial charge on any atom is -0.493 e. The summed E-state index contributed by atoms with van der Waals surface area (Å²) in [6, 6.07) is 6.45. The molecule has 1 unspecified atom stereocenters. The highest BCUT2D eigenvalue weighted by Gasteiger charge is 2.13. The number of fused-ring (bicyclic) bond motifs is 1. The lowest BCUT2D eigenvalue weighted by Gasteiger charge is -2.14. The van der Waals surface area contributed by atoms with Crippen LogP contribution in [0.25, 0.3) is 0 Å². The normalized spacial score (nSPS) is 14.4. The van der Waals surface area contributed by atoms with Gasteiger partial charge in [0.1, 0.15) is 5.75 Å². The summed E-state index contributed by atoms with van der Waals surface area (Å²) in [5, 5.41) is 3.01. The molecule has 3 heteroatoms. The van der Waals surface area contributed by atoms with Gasteiger partial charge >= 0.3 is 0 Å². The Balaban J connectivity index is 1.86. The highest BCUT2D eigenvalue weighted by Crippen LogP contribution is 2.26. The first-order valence-electron chi connectivity index (χ1n) is 6.84. The number of nitrogens with one attached hydrogen (secondary N) is 1. The number of carbonyl (C=O) groups is 1. The summed E-state index contributed by atoms with van der Waals surface area (Å²) in [7, 11) is 0. The molecular weight excluding hydrogens is 238 g/mol. The monoisotopic (exact) mass is 259 g/mol. The summed E-state index contributed by atoms with van der Waals surface area (Å²) in [6.07, 6.45) is 4.86. The van der Waals surface area contributed by atoms with E-state index in [1.54, 1.807) is 6.08 Å². The number of rotatable bonds is 6. The SMILES string of the molecule is C=CCCC(=O)NC(C)Cc1ccc2c(c1)CCO2. The second-order valence-electron chi connectivity index (χ2n) is 5.04. The van der Waals surface area contributed by atoms with Crippen molar-refractivity contribution < 1.29 is 9.53 Å². The highest BCUT2D eigenvalue weighted by atomic mass is 16.5. The van der Waals surface area contributed by atoms with Gasteiger partial charge in [0.2, 0.25) is 5.91 Å². The van der Waals surface area contributed by atoms with Gasteiger partial charge in [0.05, 0.1) is 6.61 Å². The van der Waals surface area contributed by atoms with Gasteiger partial charge in [0, 0.05) is 18.9 Å². The standard InChI is InChI=1S/C16H21NO2/c1-3-4-5-16(18)17-12(2)10-13-6-7-15-14(11-13)8-9-19-15/h3,6-7,11-12H,1,4-5,8-10H2,2H3,(H,17,18). The molecule has 1 aliphatic heterocycles. The fraction of sp³-hybridized carbons (Fsp3) is 0.438. The Labute approximate surface area is 114 Å². The van der Waals surface area contributed by atoms with Crippen LogP contribution in [-0.2, 0) is 17.6 Å². The Morgan fingerprint density at radius 2 is 2.42 bits per heavy atom. The van der Waals surface area contributed by atoms with Crippen molar-refractivity contribution in [3.05, 3.63) is 42.0 Å². The molecule has 0 aliphatic carbocycles. The summed E-state index contributed by atoms with van der Waals surface area (Å²) in [5.41, 5.74) is 2.53. The number of benzene rings is 1. The Hall–Kier alpha value is -1.77. The van der Waals surface area contributed by atoms with Gasteiger partial charge in [-0.1, -0.05) is 18.2 Å². The van der Waals surface area contributed by atoms with Crippen LogP contribution in [0.4, 0.5) is 0 Å². The molecule has 0 bridgehead atoms. The fourth-order valence-corrected chi connectivity index (χ4v) is 2.35. The molecule has 1 aliphatic rings. The van der Waals surface area contributed by atoms with E-state index in [-0.39, 0.29) is 11.9 Å². The molecule has 102 valence electrons. The molecule has 3 nitrogen and oxygen atoms in total. The van der Waals surface area contributed by atoms with Gasteiger partial charge in [-0.3, -0.25) is 4.79 Å². The van der Waals surface area contributed by atoms with E-state index in [1.165, 1.54) is 11.1 Å². The van der Waals surface area contributed by atoms with Gasteiger partial charge in [0.25, 0.3) is 0 Å². The summed E-state index contributed by atoms with van der Waals surface area (Å²) in [5.74, 6) is 1.10. The van der Waals surface area contributed by atoms with Crippen LogP contribution in [0.3, 0.4) is 0 Å². The molecule has 1 amide bonds. The van der Waals surface area contributed by atoms with Crippen LogP contribution in [-0.4, -0.2) is 18.6 Å². The Bertz CT molecular complexity index is 468. The lowest BCUT2D eigenvalue weighted by atomic mass is 10.0. The highest BCUT2D eigenvalue weighted by molar-refractivity contribution is 5.76. The largest absolute Gasteiger partial charge is 0.493 e. The predicted octanol–water partition coefficient (Wildman–Crippen LogP) is 2.63. The molecule has 1 N–H and O–H groups in total. The van der Waals surface area contributed by atoms with Crippen LogP contribution in [0.5, 0.6) is 5.75 Å². The van der Waals surface area contributed by atoms with Gasteiger partial charge in [-0.05, 0) is 37.0 Å². The summed E-state index contributed by atoms with van der Waals surface area (Å²) >= 11 is 0. The zero-order valence-corrected chi connectivity index (χ0v) is 11.4. The first kappa shape index (κ1) is 13.7. The molecule has 0 radical (unpaired) electrons. The van der Waals surface area contributed by atoms with Gasteiger partial charge in [-0.25, -0.2) is 0 Å². The molecule has 1 aromatic carbocycles. The fourth-order valence-electron chi connectivity index (χ4n) is 2.35. The van der Waals surface area contributed by atoms with E-state index < -0.39 is 0 Å². The smallest absolute Gasteiger partial charge is 0.220 e. The second-order valence-corrected chi connectivity index (χ2v) is 5.04. The summed E-state index contributed by atoms with van der Waals surface area (Å²) < 4.78 is 5.49. The molecule has 1 aromatic rings. The van der Waals surface area contributed by atoms with Gasteiger partial charge in [0.15, 0.2) is 0 Å². The molecule has 19 heavy (non-hydrogen) atoms. The van der Waals surface area contributed by atoms with Crippen molar-refractivity contribution in [1.82, 2.24) is 5.32 Å². The lowest BCUT2D eigenvalue weighted by molar-refractivity contribution is -0.121. The molecule has 0 saturated carbocycles. The zero-order valence-electron chi connectivity index (χ0n) is 11.4. The summed E-state index contributed by atoms with van der Waals surface area (Å²) in [4.78, 5) is 11.6. The third-order valence-corrected chi connectivity index (χ3v) is 3.28. The van der Waals surface area contributed by atoms with Crippen molar-refractivity contribution in [3.8, 4) is 5.75 Å². The number of allylic oxidation sites excluding steroid dienone is 1. The molecule has 0 spiro atoms. The van der Waals surface area contributed by atoms with Crippen LogP contribution in [0.1, 0.15) is 30.9 Å². The average molecular weight is 259 g/mol. The van der Waals surface area contributed by atoms with Gasteiger partial charge in [-0.15, -0.1) is 6.58 Å². The van der Waals surface area contributed by atoms with Crippen molar-refractivity contribution in [1.29, 1.82) is 0 Å². The molecule has 0 aromatic heterocycles. The molecular formula is C16H21NO2. The van der Waals surface area contributed by atoms with Crippen molar-refractivity contribution in [2.24, 2.45) is 0 Å². The maximum absolute atomic E-state index is 11.6. The van der Waals surface area contributed by atoms with Gasteiger partial charge in [-0.2, -0.15) is 0 Å². The topological polar surface area (TPSA) is 38.3 Å². The van der Waals surface area contributed by atoms with Gasteiger partial charge < -0.3 is 10.1 Å². The molecule has 0 fully saturated rings. The quantitative estimate of drug-likeness (QED) is 0.798. The van der Waals surface area contributed by atoms with E-state index in [2.05, 4.69) is 24.0 Å². The van der Waals surface area contributed by atoms with E-state index in [0.29, 0.717) is 6.42 Å². The molecule has 1 atom stereocenters. The molecule has 1 heterocycles. The van der Waals surface area contributed by atoms with E-state index >= 15 is 0 Å². The van der Waals surface area contributed by atoms with Crippen molar-refractivity contribution >= 4 is 5.91 Å². The first-order chi connectivity index (χ1) is 9.19. The lowest BCUT2D eigenvalue weighted by Crippen LogP contribution is -2.33. The Kier molecular flexibility index (Phi) is 4.61. The minimum absolute atomic E-state index is 0.0943. The summed E-state index contributed by atoms with van der Waals surface area (Å²) in [6.45, 7) is 6.44. The number of hydrogen-bond donors (Lipinski definition) is 1. The zero-order chi connectivity index (χ0) is 13.7. The number of hydrogen-bond acceptors (Lipinski definition) is 2. The average Bonchev–Trinajstić information content (AvgIpc) is 2.83. The van der Waals surface area contributed by atoms with Crippen LogP contribution in [0.2, 0.25) is 0 Å². The van der Waals surface area contributed by atoms with Crippen molar-refractivity contribution in [2.75, 3.05) is 6.61 Å². The number of ether oxygens (including phenoxy) is 1. The number of amides is 1. The third-order valence-electron chi connectivity index (χ3n) is 3.28. The Morgan fingerprint density at radius 3 is 3.21 bits per heavy atom. The van der Waals surface area contributed by atoms with Crippen LogP contribution < -0.4 is 10.1 Å².